The van der Waals surface area contributed by atoms with E-state index >= 15 is 0 Å². The molecule has 0 radical (unpaired) electrons. The topological polar surface area (TPSA) is 44.8 Å². The van der Waals surface area contributed by atoms with Crippen molar-refractivity contribution in [1.29, 1.82) is 0 Å². The van der Waals surface area contributed by atoms with E-state index in [1.807, 2.05) is 12.1 Å². The highest BCUT2D eigenvalue weighted by molar-refractivity contribution is 14.1. The maximum absolute atomic E-state index is 13.1. The van der Waals surface area contributed by atoms with E-state index in [4.69, 9.17) is 13.9 Å². The van der Waals surface area contributed by atoms with Crippen LogP contribution in [0.15, 0.2) is 84.9 Å². The lowest BCUT2D eigenvalue weighted by atomic mass is 9.77. The van der Waals surface area contributed by atoms with Crippen LogP contribution in [-0.4, -0.2) is 38.0 Å². The minimum Gasteiger partial charge on any atom is -0.497 e. The molecule has 214 valence electrons. The highest BCUT2D eigenvalue weighted by atomic mass is 127. The van der Waals surface area contributed by atoms with Gasteiger partial charge < -0.3 is 13.9 Å². The summed E-state index contributed by atoms with van der Waals surface area (Å²) in [5, 5.41) is 2.53. The van der Waals surface area contributed by atoms with E-state index in [-0.39, 0.29) is 22.8 Å². The van der Waals surface area contributed by atoms with Crippen molar-refractivity contribution in [3.63, 3.8) is 0 Å². The summed E-state index contributed by atoms with van der Waals surface area (Å²) >= 11 is 2.37. The van der Waals surface area contributed by atoms with Gasteiger partial charge in [-0.3, -0.25) is 4.79 Å². The van der Waals surface area contributed by atoms with E-state index in [2.05, 4.69) is 123 Å². The molecule has 0 spiro atoms. The fourth-order valence-electron chi connectivity index (χ4n) is 6.36. The monoisotopic (exact) mass is 670 g/mol. The Morgan fingerprint density at radius 1 is 0.925 bits per heavy atom. The number of hydrogen-bond donors (Lipinski definition) is 0. The second-order valence-corrected chi connectivity index (χ2v) is 17.2. The molecule has 0 aromatic heterocycles. The summed E-state index contributed by atoms with van der Waals surface area (Å²) in [6.45, 7) is 9.69. The highest BCUT2D eigenvalue weighted by Crippen LogP contribution is 2.44. The Balaban J connectivity index is 1.52. The van der Waals surface area contributed by atoms with E-state index in [0.29, 0.717) is 6.61 Å². The Labute approximate surface area is 255 Å². The summed E-state index contributed by atoms with van der Waals surface area (Å²) in [5.41, 5.74) is 0.734. The molecule has 6 heteroatoms. The molecular formula is C34H43IO4Si. The number of cyclic esters (lactones) is 1. The quantitative estimate of drug-likeness (QED) is 0.0687. The van der Waals surface area contributed by atoms with Gasteiger partial charge in [0.05, 0.1) is 13.0 Å². The zero-order chi connectivity index (χ0) is 28.8. The predicted octanol–water partition coefficient (Wildman–Crippen LogP) is 6.97. The molecule has 40 heavy (non-hydrogen) atoms. The predicted molar refractivity (Wildman–Crippen MR) is 174 cm³/mol. The van der Waals surface area contributed by atoms with Gasteiger partial charge >= 0.3 is 5.97 Å². The standard InChI is InChI=1S/C34H43IO4Si/c1-33(2,3)40(28-16-8-6-9-17-28,29-18-10-7-11-19-29)38-23-13-20-31-30(32(36)39-34(31,4)25-35)22-21-26-14-12-15-27(24-26)37-5/h6-12,14-19,24,30-31H,13,20-23,25H2,1-5H3/t30-,31-,34+/m1/s1. The van der Waals surface area contributed by atoms with Gasteiger partial charge in [-0.05, 0) is 65.7 Å². The number of carbonyl (C=O) groups is 1. The minimum atomic E-state index is -2.58. The summed E-state index contributed by atoms with van der Waals surface area (Å²) < 4.78 is 19.4. The molecule has 3 aromatic carbocycles. The molecule has 0 aliphatic carbocycles. The third-order valence-electron chi connectivity index (χ3n) is 8.44. The van der Waals surface area contributed by atoms with E-state index < -0.39 is 13.9 Å². The molecule has 0 bridgehead atoms. The van der Waals surface area contributed by atoms with Gasteiger partial charge in [0, 0.05) is 17.0 Å². The third kappa shape index (κ3) is 6.49. The lowest BCUT2D eigenvalue weighted by molar-refractivity contribution is -0.148. The average Bonchev–Trinajstić information content (AvgIpc) is 3.21. The van der Waals surface area contributed by atoms with Crippen molar-refractivity contribution in [3.8, 4) is 5.75 Å². The summed E-state index contributed by atoms with van der Waals surface area (Å²) in [5.74, 6) is 0.838. The van der Waals surface area contributed by atoms with Crippen LogP contribution in [0.5, 0.6) is 5.75 Å². The highest BCUT2D eigenvalue weighted by Gasteiger charge is 2.52. The molecule has 3 aromatic rings. The Morgan fingerprint density at radius 2 is 1.55 bits per heavy atom. The molecular weight excluding hydrogens is 627 g/mol. The molecule has 1 heterocycles. The molecule has 0 N–H and O–H groups in total. The Morgan fingerprint density at radius 3 is 2.10 bits per heavy atom. The van der Waals surface area contributed by atoms with Crippen molar-refractivity contribution in [3.05, 3.63) is 90.5 Å². The van der Waals surface area contributed by atoms with Crippen molar-refractivity contribution in [2.75, 3.05) is 18.1 Å². The summed E-state index contributed by atoms with van der Waals surface area (Å²) in [6, 6.07) is 29.7. The molecule has 0 amide bonds. The van der Waals surface area contributed by atoms with Gasteiger partial charge in [0.2, 0.25) is 0 Å². The molecule has 1 fully saturated rings. The summed E-state index contributed by atoms with van der Waals surface area (Å²) in [4.78, 5) is 13.1. The van der Waals surface area contributed by atoms with Crippen LogP contribution in [0.3, 0.4) is 0 Å². The number of carbonyl (C=O) groups excluding carboxylic acids is 1. The Bertz CT molecular complexity index is 1200. The van der Waals surface area contributed by atoms with Crippen LogP contribution in [0.1, 0.15) is 52.5 Å². The fraction of sp³-hybridized carbons (Fsp3) is 0.441. The van der Waals surface area contributed by atoms with Crippen molar-refractivity contribution in [2.45, 2.75) is 64.0 Å². The second kappa shape index (κ2) is 13.2. The summed E-state index contributed by atoms with van der Waals surface area (Å²) in [7, 11) is -0.896. The number of benzene rings is 3. The van der Waals surface area contributed by atoms with Gasteiger partial charge in [0.15, 0.2) is 0 Å². The average molecular weight is 671 g/mol. The van der Waals surface area contributed by atoms with Crippen LogP contribution >= 0.6 is 22.6 Å². The zero-order valence-electron chi connectivity index (χ0n) is 24.5. The van der Waals surface area contributed by atoms with Crippen molar-refractivity contribution < 1.29 is 18.7 Å². The van der Waals surface area contributed by atoms with Gasteiger partial charge in [0.1, 0.15) is 11.4 Å². The van der Waals surface area contributed by atoms with E-state index in [1.54, 1.807) is 7.11 Å². The number of halogens is 1. The third-order valence-corrected chi connectivity index (χ3v) is 15.0. The molecule has 4 rings (SSSR count). The van der Waals surface area contributed by atoms with Crippen LogP contribution < -0.4 is 15.1 Å². The molecule has 1 saturated heterocycles. The fourth-order valence-corrected chi connectivity index (χ4v) is 11.7. The number of esters is 1. The smallest absolute Gasteiger partial charge is 0.309 e. The number of hydrogen-bond acceptors (Lipinski definition) is 4. The number of methoxy groups -OCH3 is 1. The Kier molecular flexibility index (Phi) is 10.2. The number of alkyl halides is 1. The van der Waals surface area contributed by atoms with Crippen LogP contribution in [0.2, 0.25) is 5.04 Å². The van der Waals surface area contributed by atoms with Crippen LogP contribution in [0, 0.1) is 11.8 Å². The van der Waals surface area contributed by atoms with Gasteiger partial charge in [-0.1, -0.05) is 116 Å². The molecule has 3 atom stereocenters. The van der Waals surface area contributed by atoms with Crippen molar-refractivity contribution in [1.82, 2.24) is 0 Å². The van der Waals surface area contributed by atoms with E-state index in [0.717, 1.165) is 35.9 Å². The van der Waals surface area contributed by atoms with Gasteiger partial charge in [-0.15, -0.1) is 0 Å². The first-order valence-corrected chi connectivity index (χ1v) is 17.7. The maximum Gasteiger partial charge on any atom is 0.309 e. The zero-order valence-corrected chi connectivity index (χ0v) is 27.6. The molecule has 4 nitrogen and oxygen atoms in total. The largest absolute Gasteiger partial charge is 0.497 e. The number of aryl methyl sites for hydroxylation is 1. The van der Waals surface area contributed by atoms with E-state index in [1.165, 1.54) is 15.9 Å². The molecule has 1 aliphatic rings. The first-order chi connectivity index (χ1) is 19.1. The van der Waals surface area contributed by atoms with Crippen LogP contribution in [0.4, 0.5) is 0 Å². The van der Waals surface area contributed by atoms with Crippen LogP contribution in [-0.2, 0) is 20.4 Å². The first kappa shape index (κ1) is 30.8. The van der Waals surface area contributed by atoms with Gasteiger partial charge in [-0.2, -0.15) is 0 Å². The normalized spacial score (nSPS) is 21.3. The molecule has 0 unspecified atom stereocenters. The van der Waals surface area contributed by atoms with Crippen molar-refractivity contribution >= 4 is 47.3 Å². The lowest BCUT2D eigenvalue weighted by Gasteiger charge is -2.43. The van der Waals surface area contributed by atoms with Crippen LogP contribution in [0.25, 0.3) is 0 Å². The van der Waals surface area contributed by atoms with Crippen molar-refractivity contribution in [2.24, 2.45) is 11.8 Å². The molecule has 1 aliphatic heterocycles. The van der Waals surface area contributed by atoms with E-state index in [9.17, 15) is 4.79 Å². The first-order valence-electron chi connectivity index (χ1n) is 14.3. The SMILES string of the molecule is COc1cccc(CC[C@H]2C(=O)O[C@@](C)(CI)[C@@H]2CCCO[Si](c2ccccc2)(c2ccccc2)C(C)(C)C)c1. The number of ether oxygens (including phenoxy) is 2. The maximum atomic E-state index is 13.1. The number of rotatable bonds is 12. The van der Waals surface area contributed by atoms with Gasteiger partial charge in [-0.25, -0.2) is 0 Å². The Hall–Kier alpha value is -2.16. The lowest BCUT2D eigenvalue weighted by Crippen LogP contribution is -2.66. The van der Waals surface area contributed by atoms with Gasteiger partial charge in [0.25, 0.3) is 8.32 Å². The molecule has 0 saturated carbocycles. The minimum absolute atomic E-state index is 0.0556. The second-order valence-electron chi connectivity index (χ2n) is 12.1. The summed E-state index contributed by atoms with van der Waals surface area (Å²) in [6.07, 6.45) is 3.38.